The first-order valence-corrected chi connectivity index (χ1v) is 6.84. The molecule has 2 saturated heterocycles. The average Bonchev–Trinajstić information content (AvgIpc) is 2.74. The number of likely N-dealkylation sites (tertiary alicyclic amines) is 1. The van der Waals surface area contributed by atoms with E-state index in [1.54, 1.807) is 4.90 Å². The zero-order valence-electron chi connectivity index (χ0n) is 11.4. The Labute approximate surface area is 112 Å². The van der Waals surface area contributed by atoms with E-state index in [0.29, 0.717) is 32.4 Å². The van der Waals surface area contributed by atoms with Gasteiger partial charge in [-0.2, -0.15) is 0 Å². The Hall–Kier alpha value is -1.59. The Kier molecular flexibility index (Phi) is 4.07. The number of carbonyl (C=O) groups excluding carboxylic acids is 3. The van der Waals surface area contributed by atoms with Crippen molar-refractivity contribution in [2.75, 3.05) is 13.1 Å². The SMILES string of the molecule is CC(C)N1CC(C(=O)NC2CCC(=O)NC2)CC1=O. The predicted molar refractivity (Wildman–Crippen MR) is 69.1 cm³/mol. The molecule has 0 aliphatic carbocycles. The number of carbonyl (C=O) groups is 3. The Morgan fingerprint density at radius 3 is 2.68 bits per heavy atom. The standard InChI is InChI=1S/C13H21N3O3/c1-8(2)16-7-9(5-12(16)18)13(19)15-10-3-4-11(17)14-6-10/h8-10H,3-7H2,1-2H3,(H,14,17)(H,15,19). The van der Waals surface area contributed by atoms with Gasteiger partial charge in [-0.3, -0.25) is 14.4 Å². The van der Waals surface area contributed by atoms with E-state index in [0.717, 1.165) is 0 Å². The minimum atomic E-state index is -0.257. The Morgan fingerprint density at radius 1 is 1.42 bits per heavy atom. The molecule has 0 spiro atoms. The van der Waals surface area contributed by atoms with E-state index >= 15 is 0 Å². The molecule has 2 N–H and O–H groups in total. The van der Waals surface area contributed by atoms with Crippen LogP contribution in [0.4, 0.5) is 0 Å². The lowest BCUT2D eigenvalue weighted by molar-refractivity contribution is -0.130. The van der Waals surface area contributed by atoms with E-state index in [-0.39, 0.29) is 35.7 Å². The van der Waals surface area contributed by atoms with Crippen molar-refractivity contribution in [3.8, 4) is 0 Å². The minimum absolute atomic E-state index is 0.00611. The van der Waals surface area contributed by atoms with Gasteiger partial charge in [0.05, 0.1) is 5.92 Å². The maximum absolute atomic E-state index is 12.1. The van der Waals surface area contributed by atoms with E-state index in [9.17, 15) is 14.4 Å². The van der Waals surface area contributed by atoms with Crippen LogP contribution >= 0.6 is 0 Å². The molecule has 2 heterocycles. The molecule has 106 valence electrons. The molecule has 6 heteroatoms. The number of nitrogens with one attached hydrogen (secondary N) is 2. The summed E-state index contributed by atoms with van der Waals surface area (Å²) in [5, 5.41) is 5.66. The summed E-state index contributed by atoms with van der Waals surface area (Å²) in [6, 6.07) is 0.132. The van der Waals surface area contributed by atoms with Gasteiger partial charge in [0.15, 0.2) is 0 Å². The first-order chi connectivity index (χ1) is 8.97. The molecular weight excluding hydrogens is 246 g/mol. The molecule has 0 saturated carbocycles. The lowest BCUT2D eigenvalue weighted by Crippen LogP contribution is -2.49. The molecule has 0 bridgehead atoms. The fourth-order valence-corrected chi connectivity index (χ4v) is 2.58. The smallest absolute Gasteiger partial charge is 0.225 e. The third kappa shape index (κ3) is 3.24. The Bertz CT molecular complexity index is 385. The third-order valence-corrected chi connectivity index (χ3v) is 3.76. The van der Waals surface area contributed by atoms with Crippen LogP contribution in [-0.2, 0) is 14.4 Å². The number of amides is 3. The summed E-state index contributed by atoms with van der Waals surface area (Å²) in [6.07, 6.45) is 1.42. The van der Waals surface area contributed by atoms with Crippen molar-refractivity contribution in [3.05, 3.63) is 0 Å². The summed E-state index contributed by atoms with van der Waals surface area (Å²) in [4.78, 5) is 36.6. The molecule has 2 unspecified atom stereocenters. The molecule has 19 heavy (non-hydrogen) atoms. The molecule has 0 aromatic rings. The van der Waals surface area contributed by atoms with Crippen molar-refractivity contribution in [1.29, 1.82) is 0 Å². The topological polar surface area (TPSA) is 78.5 Å². The van der Waals surface area contributed by atoms with Crippen LogP contribution in [0.15, 0.2) is 0 Å². The van der Waals surface area contributed by atoms with Gasteiger partial charge in [-0.1, -0.05) is 0 Å². The quantitative estimate of drug-likeness (QED) is 0.733. The zero-order chi connectivity index (χ0) is 14.0. The second-order valence-electron chi connectivity index (χ2n) is 5.59. The van der Waals surface area contributed by atoms with Crippen LogP contribution in [0, 0.1) is 5.92 Å². The second-order valence-corrected chi connectivity index (χ2v) is 5.59. The van der Waals surface area contributed by atoms with Gasteiger partial charge >= 0.3 is 0 Å². The maximum atomic E-state index is 12.1. The maximum Gasteiger partial charge on any atom is 0.225 e. The summed E-state index contributed by atoms with van der Waals surface area (Å²) < 4.78 is 0. The predicted octanol–water partition coefficient (Wildman–Crippen LogP) is -0.362. The number of hydrogen-bond donors (Lipinski definition) is 2. The highest BCUT2D eigenvalue weighted by Gasteiger charge is 2.36. The van der Waals surface area contributed by atoms with Gasteiger partial charge in [-0.15, -0.1) is 0 Å². The van der Waals surface area contributed by atoms with E-state index in [4.69, 9.17) is 0 Å². The van der Waals surface area contributed by atoms with Crippen molar-refractivity contribution in [1.82, 2.24) is 15.5 Å². The second kappa shape index (κ2) is 5.59. The van der Waals surface area contributed by atoms with Crippen LogP contribution in [0.2, 0.25) is 0 Å². The first kappa shape index (κ1) is 13.8. The summed E-state index contributed by atoms with van der Waals surface area (Å²) >= 11 is 0. The molecule has 2 atom stereocenters. The molecule has 3 amide bonds. The molecule has 0 aromatic carbocycles. The molecule has 0 aromatic heterocycles. The third-order valence-electron chi connectivity index (χ3n) is 3.76. The van der Waals surface area contributed by atoms with Crippen LogP contribution in [0.25, 0.3) is 0 Å². The number of hydrogen-bond acceptors (Lipinski definition) is 3. The summed E-state index contributed by atoms with van der Waals surface area (Å²) in [5.41, 5.74) is 0. The van der Waals surface area contributed by atoms with Gasteiger partial charge in [0, 0.05) is 38.0 Å². The van der Waals surface area contributed by atoms with Crippen molar-refractivity contribution in [2.45, 2.75) is 45.2 Å². The number of rotatable bonds is 3. The molecule has 6 nitrogen and oxygen atoms in total. The van der Waals surface area contributed by atoms with Gasteiger partial charge in [0.2, 0.25) is 17.7 Å². The van der Waals surface area contributed by atoms with Crippen LogP contribution in [-0.4, -0.2) is 47.8 Å². The van der Waals surface area contributed by atoms with Gasteiger partial charge in [0.1, 0.15) is 0 Å². The van der Waals surface area contributed by atoms with Crippen molar-refractivity contribution in [3.63, 3.8) is 0 Å². The fourth-order valence-electron chi connectivity index (χ4n) is 2.58. The van der Waals surface area contributed by atoms with Gasteiger partial charge in [-0.25, -0.2) is 0 Å². The Balaban J connectivity index is 1.84. The summed E-state index contributed by atoms with van der Waals surface area (Å²) in [6.45, 7) is 4.89. The molecular formula is C13H21N3O3. The number of piperidine rings is 1. The highest BCUT2D eigenvalue weighted by Crippen LogP contribution is 2.20. The van der Waals surface area contributed by atoms with Crippen molar-refractivity contribution in [2.24, 2.45) is 5.92 Å². The van der Waals surface area contributed by atoms with Gasteiger partial charge in [0.25, 0.3) is 0 Å². The minimum Gasteiger partial charge on any atom is -0.354 e. The summed E-state index contributed by atoms with van der Waals surface area (Å²) in [7, 11) is 0. The van der Waals surface area contributed by atoms with Gasteiger partial charge in [-0.05, 0) is 20.3 Å². The fraction of sp³-hybridized carbons (Fsp3) is 0.769. The molecule has 2 aliphatic heterocycles. The molecule has 2 fully saturated rings. The van der Waals surface area contributed by atoms with Crippen LogP contribution in [0.3, 0.4) is 0 Å². The normalized spacial score (nSPS) is 27.6. The molecule has 0 radical (unpaired) electrons. The van der Waals surface area contributed by atoms with Crippen LogP contribution < -0.4 is 10.6 Å². The highest BCUT2D eigenvalue weighted by atomic mass is 16.2. The molecule has 2 rings (SSSR count). The Morgan fingerprint density at radius 2 is 2.16 bits per heavy atom. The highest BCUT2D eigenvalue weighted by molar-refractivity contribution is 5.89. The molecule has 2 aliphatic rings. The van der Waals surface area contributed by atoms with E-state index in [1.807, 2.05) is 13.8 Å². The number of nitrogens with zero attached hydrogens (tertiary/aromatic N) is 1. The largest absolute Gasteiger partial charge is 0.354 e. The van der Waals surface area contributed by atoms with Crippen LogP contribution in [0.1, 0.15) is 33.1 Å². The van der Waals surface area contributed by atoms with Crippen LogP contribution in [0.5, 0.6) is 0 Å². The van der Waals surface area contributed by atoms with Crippen molar-refractivity contribution < 1.29 is 14.4 Å². The lowest BCUT2D eigenvalue weighted by atomic mass is 10.0. The van der Waals surface area contributed by atoms with E-state index in [2.05, 4.69) is 10.6 Å². The lowest BCUT2D eigenvalue weighted by Gasteiger charge is -2.25. The summed E-state index contributed by atoms with van der Waals surface area (Å²) in [5.74, 6) is -0.246. The van der Waals surface area contributed by atoms with E-state index < -0.39 is 0 Å². The average molecular weight is 267 g/mol. The monoisotopic (exact) mass is 267 g/mol. The van der Waals surface area contributed by atoms with Crippen molar-refractivity contribution >= 4 is 17.7 Å². The first-order valence-electron chi connectivity index (χ1n) is 6.84. The zero-order valence-corrected chi connectivity index (χ0v) is 11.4. The van der Waals surface area contributed by atoms with Gasteiger partial charge < -0.3 is 15.5 Å². The van der Waals surface area contributed by atoms with E-state index in [1.165, 1.54) is 0 Å².